The largest absolute Gasteiger partial charge is 0.490 e. The molecule has 0 amide bonds. The zero-order valence-electron chi connectivity index (χ0n) is 12.2. The van der Waals surface area contributed by atoms with E-state index in [9.17, 15) is 0 Å². The van der Waals surface area contributed by atoms with Gasteiger partial charge in [0.05, 0.1) is 13.2 Å². The summed E-state index contributed by atoms with van der Waals surface area (Å²) in [6.45, 7) is 8.91. The highest BCUT2D eigenvalue weighted by molar-refractivity contribution is 5.43. The molecule has 0 aliphatic rings. The van der Waals surface area contributed by atoms with Crippen LogP contribution in [0.4, 0.5) is 0 Å². The van der Waals surface area contributed by atoms with Gasteiger partial charge in [0.1, 0.15) is 0 Å². The van der Waals surface area contributed by atoms with Crippen LogP contribution >= 0.6 is 0 Å². The molecule has 0 radical (unpaired) electrons. The molecule has 0 saturated carbocycles. The molecule has 0 spiro atoms. The summed E-state index contributed by atoms with van der Waals surface area (Å²) < 4.78 is 11.2. The van der Waals surface area contributed by atoms with E-state index in [0.29, 0.717) is 25.8 Å². The molecule has 19 heavy (non-hydrogen) atoms. The van der Waals surface area contributed by atoms with Crippen molar-refractivity contribution in [3.05, 3.63) is 23.8 Å². The molecule has 0 aliphatic carbocycles. The van der Waals surface area contributed by atoms with Crippen molar-refractivity contribution < 1.29 is 9.47 Å². The lowest BCUT2D eigenvalue weighted by Crippen LogP contribution is -2.32. The van der Waals surface area contributed by atoms with Gasteiger partial charge in [-0.05, 0) is 44.9 Å². The van der Waals surface area contributed by atoms with Gasteiger partial charge in [-0.2, -0.15) is 0 Å². The zero-order chi connectivity index (χ0) is 14.1. The first-order valence-corrected chi connectivity index (χ1v) is 7.03. The van der Waals surface area contributed by atoms with E-state index < -0.39 is 0 Å². The lowest BCUT2D eigenvalue weighted by molar-refractivity contribution is 0.287. The SMILES string of the molecule is CCOc1ccc(CC(C)NCCN)cc1OCC. The Balaban J connectivity index is 2.71. The van der Waals surface area contributed by atoms with Crippen LogP contribution in [0, 0.1) is 0 Å². The Morgan fingerprint density at radius 3 is 2.47 bits per heavy atom. The van der Waals surface area contributed by atoms with E-state index in [-0.39, 0.29) is 0 Å². The first-order chi connectivity index (χ1) is 9.21. The van der Waals surface area contributed by atoms with E-state index in [0.717, 1.165) is 24.5 Å². The normalized spacial score (nSPS) is 12.2. The standard InChI is InChI=1S/C15H26N2O2/c1-4-18-14-7-6-13(11-15(14)19-5-2)10-12(3)17-9-8-16/h6-7,11-12,17H,4-5,8-10,16H2,1-3H3. The smallest absolute Gasteiger partial charge is 0.161 e. The molecule has 0 fully saturated rings. The summed E-state index contributed by atoms with van der Waals surface area (Å²) in [4.78, 5) is 0. The van der Waals surface area contributed by atoms with Crippen LogP contribution < -0.4 is 20.5 Å². The van der Waals surface area contributed by atoms with Crippen molar-refractivity contribution in [2.75, 3.05) is 26.3 Å². The van der Waals surface area contributed by atoms with Crippen LogP contribution in [0.1, 0.15) is 26.3 Å². The van der Waals surface area contributed by atoms with Crippen molar-refractivity contribution in [2.45, 2.75) is 33.2 Å². The molecular formula is C15H26N2O2. The maximum Gasteiger partial charge on any atom is 0.161 e. The number of benzene rings is 1. The molecule has 0 heterocycles. The second kappa shape index (κ2) is 8.77. The number of nitrogens with two attached hydrogens (primary N) is 1. The molecule has 1 aromatic carbocycles. The second-order valence-corrected chi connectivity index (χ2v) is 4.50. The van der Waals surface area contributed by atoms with Crippen molar-refractivity contribution in [3.63, 3.8) is 0 Å². The number of ether oxygens (including phenoxy) is 2. The lowest BCUT2D eigenvalue weighted by Gasteiger charge is -2.16. The summed E-state index contributed by atoms with van der Waals surface area (Å²) in [5.41, 5.74) is 6.73. The molecule has 4 nitrogen and oxygen atoms in total. The molecule has 0 bridgehead atoms. The highest BCUT2D eigenvalue weighted by atomic mass is 16.5. The number of hydrogen-bond donors (Lipinski definition) is 2. The molecule has 0 saturated heterocycles. The quantitative estimate of drug-likeness (QED) is 0.717. The maximum absolute atomic E-state index is 5.63. The lowest BCUT2D eigenvalue weighted by atomic mass is 10.1. The summed E-state index contributed by atoms with van der Waals surface area (Å²) in [6.07, 6.45) is 0.951. The van der Waals surface area contributed by atoms with E-state index >= 15 is 0 Å². The number of nitrogens with one attached hydrogen (secondary N) is 1. The topological polar surface area (TPSA) is 56.5 Å². The van der Waals surface area contributed by atoms with Gasteiger partial charge in [-0.25, -0.2) is 0 Å². The summed E-state index contributed by atoms with van der Waals surface area (Å²) in [7, 11) is 0. The molecule has 0 aromatic heterocycles. The van der Waals surface area contributed by atoms with Gasteiger partial charge < -0.3 is 20.5 Å². The maximum atomic E-state index is 5.63. The third-order valence-electron chi connectivity index (χ3n) is 2.79. The highest BCUT2D eigenvalue weighted by Gasteiger charge is 2.08. The molecule has 108 valence electrons. The average molecular weight is 266 g/mol. The number of rotatable bonds is 9. The van der Waals surface area contributed by atoms with E-state index in [1.807, 2.05) is 19.9 Å². The Bertz CT molecular complexity index is 369. The zero-order valence-corrected chi connectivity index (χ0v) is 12.2. The minimum Gasteiger partial charge on any atom is -0.490 e. The van der Waals surface area contributed by atoms with Gasteiger partial charge in [0.15, 0.2) is 11.5 Å². The van der Waals surface area contributed by atoms with Gasteiger partial charge in [0.25, 0.3) is 0 Å². The predicted molar refractivity (Wildman–Crippen MR) is 79.0 cm³/mol. The summed E-state index contributed by atoms with van der Waals surface area (Å²) in [5, 5.41) is 3.37. The summed E-state index contributed by atoms with van der Waals surface area (Å²) in [6, 6.07) is 6.54. The fourth-order valence-corrected chi connectivity index (χ4v) is 1.98. The van der Waals surface area contributed by atoms with Crippen LogP contribution in [-0.4, -0.2) is 32.3 Å². The van der Waals surface area contributed by atoms with Crippen LogP contribution in [0.2, 0.25) is 0 Å². The Morgan fingerprint density at radius 2 is 1.84 bits per heavy atom. The predicted octanol–water partition coefficient (Wildman–Crippen LogP) is 1.96. The van der Waals surface area contributed by atoms with Crippen molar-refractivity contribution in [2.24, 2.45) is 5.73 Å². The van der Waals surface area contributed by atoms with Crippen molar-refractivity contribution >= 4 is 0 Å². The fourth-order valence-electron chi connectivity index (χ4n) is 1.98. The molecule has 4 heteroatoms. The Morgan fingerprint density at radius 1 is 1.16 bits per heavy atom. The highest BCUT2D eigenvalue weighted by Crippen LogP contribution is 2.28. The molecule has 1 aromatic rings. The third-order valence-corrected chi connectivity index (χ3v) is 2.79. The molecular weight excluding hydrogens is 240 g/mol. The first-order valence-electron chi connectivity index (χ1n) is 7.03. The van der Waals surface area contributed by atoms with Gasteiger partial charge >= 0.3 is 0 Å². The fraction of sp³-hybridized carbons (Fsp3) is 0.600. The van der Waals surface area contributed by atoms with Crippen molar-refractivity contribution in [3.8, 4) is 11.5 Å². The minimum atomic E-state index is 0.399. The summed E-state index contributed by atoms with van der Waals surface area (Å²) >= 11 is 0. The van der Waals surface area contributed by atoms with Gasteiger partial charge in [-0.1, -0.05) is 6.07 Å². The molecule has 1 unspecified atom stereocenters. The van der Waals surface area contributed by atoms with Crippen LogP contribution in [0.15, 0.2) is 18.2 Å². The third kappa shape index (κ3) is 5.49. The van der Waals surface area contributed by atoms with E-state index in [1.54, 1.807) is 0 Å². The Labute approximate surface area is 116 Å². The molecule has 3 N–H and O–H groups in total. The monoisotopic (exact) mass is 266 g/mol. The molecule has 1 atom stereocenters. The van der Waals surface area contributed by atoms with Gasteiger partial charge in [-0.3, -0.25) is 0 Å². The van der Waals surface area contributed by atoms with E-state index in [4.69, 9.17) is 15.2 Å². The Kier molecular flexibility index (Phi) is 7.30. The molecule has 0 aliphatic heterocycles. The number of hydrogen-bond acceptors (Lipinski definition) is 4. The Hall–Kier alpha value is -1.26. The van der Waals surface area contributed by atoms with Gasteiger partial charge in [0, 0.05) is 19.1 Å². The van der Waals surface area contributed by atoms with Gasteiger partial charge in [0.2, 0.25) is 0 Å². The second-order valence-electron chi connectivity index (χ2n) is 4.50. The van der Waals surface area contributed by atoms with E-state index in [1.165, 1.54) is 5.56 Å². The first kappa shape index (κ1) is 15.8. The summed E-state index contributed by atoms with van der Waals surface area (Å²) in [5.74, 6) is 1.64. The van der Waals surface area contributed by atoms with Crippen LogP contribution in [0.5, 0.6) is 11.5 Å². The molecule has 1 rings (SSSR count). The van der Waals surface area contributed by atoms with E-state index in [2.05, 4.69) is 24.4 Å². The van der Waals surface area contributed by atoms with Crippen LogP contribution in [0.3, 0.4) is 0 Å². The average Bonchev–Trinajstić information content (AvgIpc) is 2.40. The van der Waals surface area contributed by atoms with Crippen molar-refractivity contribution in [1.29, 1.82) is 0 Å². The van der Waals surface area contributed by atoms with Crippen LogP contribution in [0.25, 0.3) is 0 Å². The van der Waals surface area contributed by atoms with Gasteiger partial charge in [-0.15, -0.1) is 0 Å². The minimum absolute atomic E-state index is 0.399. The van der Waals surface area contributed by atoms with Crippen molar-refractivity contribution in [1.82, 2.24) is 5.32 Å². The van der Waals surface area contributed by atoms with Crippen LogP contribution in [-0.2, 0) is 6.42 Å².